The summed E-state index contributed by atoms with van der Waals surface area (Å²) in [4.78, 5) is 27.8. The Balaban J connectivity index is 2.39. The van der Waals surface area contributed by atoms with E-state index in [1.165, 1.54) is 4.90 Å². The molecule has 0 unspecified atom stereocenters. The number of methoxy groups -OCH3 is 1. The van der Waals surface area contributed by atoms with E-state index >= 15 is 0 Å². The lowest BCUT2D eigenvalue weighted by atomic mass is 10.1. The van der Waals surface area contributed by atoms with Crippen LogP contribution in [0.2, 0.25) is 0 Å². The molecule has 0 saturated heterocycles. The van der Waals surface area contributed by atoms with Crippen LogP contribution in [0, 0.1) is 6.92 Å². The standard InChI is InChI=1S/C25H35N3O5S/c1-7-19(3)26-25(30)20(4)27(16-21-9-8-10-23(15-21)33-5)24(29)17-28(34(6,31)32)22-13-11-18(2)12-14-22/h8-15,19-20H,7,16-17H2,1-6H3,(H,26,30)/t19-,20-/m0/s1. The molecule has 0 aliphatic carbocycles. The third-order valence-corrected chi connectivity index (χ3v) is 6.80. The molecule has 0 aliphatic rings. The summed E-state index contributed by atoms with van der Waals surface area (Å²) in [5, 5.41) is 2.91. The van der Waals surface area contributed by atoms with E-state index in [2.05, 4.69) is 5.32 Å². The Bertz CT molecular complexity index is 1090. The number of carbonyl (C=O) groups excluding carboxylic acids is 2. The van der Waals surface area contributed by atoms with Crippen LogP contribution in [0.1, 0.15) is 38.3 Å². The van der Waals surface area contributed by atoms with Crippen molar-refractivity contribution in [3.05, 3.63) is 59.7 Å². The number of rotatable bonds is 11. The molecule has 0 fully saturated rings. The van der Waals surface area contributed by atoms with Crippen molar-refractivity contribution in [3.63, 3.8) is 0 Å². The second-order valence-electron chi connectivity index (χ2n) is 8.47. The molecule has 2 amide bonds. The molecule has 2 rings (SSSR count). The van der Waals surface area contributed by atoms with Gasteiger partial charge in [0.25, 0.3) is 0 Å². The van der Waals surface area contributed by atoms with Crippen LogP contribution in [-0.2, 0) is 26.2 Å². The highest BCUT2D eigenvalue weighted by molar-refractivity contribution is 7.92. The van der Waals surface area contributed by atoms with Crippen molar-refractivity contribution in [2.24, 2.45) is 0 Å². The molecule has 0 saturated carbocycles. The maximum atomic E-state index is 13.5. The van der Waals surface area contributed by atoms with Crippen molar-refractivity contribution < 1.29 is 22.7 Å². The number of sulfonamides is 1. The van der Waals surface area contributed by atoms with Gasteiger partial charge in [0.1, 0.15) is 18.3 Å². The molecule has 0 radical (unpaired) electrons. The molecule has 0 bridgehead atoms. The lowest BCUT2D eigenvalue weighted by Gasteiger charge is -2.32. The van der Waals surface area contributed by atoms with E-state index in [1.54, 1.807) is 56.5 Å². The van der Waals surface area contributed by atoms with Crippen molar-refractivity contribution >= 4 is 27.5 Å². The van der Waals surface area contributed by atoms with E-state index in [1.807, 2.05) is 26.8 Å². The summed E-state index contributed by atoms with van der Waals surface area (Å²) in [6.07, 6.45) is 1.81. The molecule has 0 aliphatic heterocycles. The van der Waals surface area contributed by atoms with Gasteiger partial charge in [-0.05, 0) is 57.0 Å². The molecule has 2 aromatic carbocycles. The number of nitrogens with zero attached hydrogens (tertiary/aromatic N) is 2. The Morgan fingerprint density at radius 3 is 2.29 bits per heavy atom. The predicted octanol–water partition coefficient (Wildman–Crippen LogP) is 3.10. The molecule has 2 atom stereocenters. The first-order chi connectivity index (χ1) is 16.0. The molecule has 9 heteroatoms. The second kappa shape index (κ2) is 11.9. The van der Waals surface area contributed by atoms with Gasteiger partial charge < -0.3 is 15.0 Å². The van der Waals surface area contributed by atoms with Crippen LogP contribution < -0.4 is 14.4 Å². The van der Waals surface area contributed by atoms with E-state index in [9.17, 15) is 18.0 Å². The van der Waals surface area contributed by atoms with Gasteiger partial charge in [0.15, 0.2) is 0 Å². The minimum absolute atomic E-state index is 0.0520. The smallest absolute Gasteiger partial charge is 0.244 e. The van der Waals surface area contributed by atoms with Gasteiger partial charge in [-0.3, -0.25) is 13.9 Å². The van der Waals surface area contributed by atoms with E-state index in [0.29, 0.717) is 11.4 Å². The molecular weight excluding hydrogens is 454 g/mol. The van der Waals surface area contributed by atoms with Crippen molar-refractivity contribution in [1.29, 1.82) is 0 Å². The Morgan fingerprint density at radius 2 is 1.74 bits per heavy atom. The SMILES string of the molecule is CC[C@H](C)NC(=O)[C@H](C)N(Cc1cccc(OC)c1)C(=O)CN(c1ccc(C)cc1)S(C)(=O)=O. The Morgan fingerprint density at radius 1 is 1.09 bits per heavy atom. The number of anilines is 1. The zero-order chi connectivity index (χ0) is 25.5. The van der Waals surface area contributed by atoms with Gasteiger partial charge in [-0.2, -0.15) is 0 Å². The highest BCUT2D eigenvalue weighted by Gasteiger charge is 2.30. The topological polar surface area (TPSA) is 96.0 Å². The first-order valence-electron chi connectivity index (χ1n) is 11.2. The molecular formula is C25H35N3O5S. The van der Waals surface area contributed by atoms with Crippen LogP contribution in [0.5, 0.6) is 5.75 Å². The third-order valence-electron chi connectivity index (χ3n) is 5.66. The monoisotopic (exact) mass is 489 g/mol. The molecule has 0 aromatic heterocycles. The van der Waals surface area contributed by atoms with E-state index < -0.39 is 28.5 Å². The maximum Gasteiger partial charge on any atom is 0.244 e. The van der Waals surface area contributed by atoms with Crippen molar-refractivity contribution in [2.75, 3.05) is 24.2 Å². The van der Waals surface area contributed by atoms with Crippen LogP contribution in [0.15, 0.2) is 48.5 Å². The highest BCUT2D eigenvalue weighted by Crippen LogP contribution is 2.20. The molecule has 1 N–H and O–H groups in total. The van der Waals surface area contributed by atoms with Crippen LogP contribution in [0.25, 0.3) is 0 Å². The summed E-state index contributed by atoms with van der Waals surface area (Å²) in [6.45, 7) is 7.09. The van der Waals surface area contributed by atoms with Crippen LogP contribution in [0.4, 0.5) is 5.69 Å². The number of amides is 2. The fourth-order valence-corrected chi connectivity index (χ4v) is 4.19. The van der Waals surface area contributed by atoms with Crippen molar-refractivity contribution in [2.45, 2.75) is 52.7 Å². The first-order valence-corrected chi connectivity index (χ1v) is 13.1. The number of benzene rings is 2. The van der Waals surface area contributed by atoms with Crippen molar-refractivity contribution in [1.82, 2.24) is 10.2 Å². The summed E-state index contributed by atoms with van der Waals surface area (Å²) in [5.41, 5.74) is 2.12. The van der Waals surface area contributed by atoms with Gasteiger partial charge >= 0.3 is 0 Å². The highest BCUT2D eigenvalue weighted by atomic mass is 32.2. The van der Waals surface area contributed by atoms with Crippen LogP contribution in [-0.4, -0.2) is 57.1 Å². The fourth-order valence-electron chi connectivity index (χ4n) is 3.34. The number of hydrogen-bond donors (Lipinski definition) is 1. The summed E-state index contributed by atoms with van der Waals surface area (Å²) in [6, 6.07) is 13.2. The number of hydrogen-bond acceptors (Lipinski definition) is 5. The number of aryl methyl sites for hydroxylation is 1. The molecule has 186 valence electrons. The van der Waals surface area contributed by atoms with Gasteiger partial charge in [-0.25, -0.2) is 8.42 Å². The molecule has 2 aromatic rings. The number of nitrogens with one attached hydrogen (secondary N) is 1. The summed E-state index contributed by atoms with van der Waals surface area (Å²) >= 11 is 0. The lowest BCUT2D eigenvalue weighted by Crippen LogP contribution is -2.52. The quantitative estimate of drug-likeness (QED) is 0.523. The van der Waals surface area contributed by atoms with Gasteiger partial charge in [-0.15, -0.1) is 0 Å². The molecule has 8 nitrogen and oxygen atoms in total. The van der Waals surface area contributed by atoms with Gasteiger partial charge in [-0.1, -0.05) is 36.8 Å². The van der Waals surface area contributed by atoms with Gasteiger partial charge in [0.2, 0.25) is 21.8 Å². The van der Waals surface area contributed by atoms with E-state index in [0.717, 1.165) is 28.1 Å². The lowest BCUT2D eigenvalue weighted by molar-refractivity contribution is -0.139. The van der Waals surface area contributed by atoms with Gasteiger partial charge in [0.05, 0.1) is 19.1 Å². The Hall–Kier alpha value is -3.07. The summed E-state index contributed by atoms with van der Waals surface area (Å²) in [7, 11) is -2.20. The summed E-state index contributed by atoms with van der Waals surface area (Å²) in [5.74, 6) is -0.161. The van der Waals surface area contributed by atoms with Gasteiger partial charge in [0, 0.05) is 12.6 Å². The average molecular weight is 490 g/mol. The number of ether oxygens (including phenoxy) is 1. The third kappa shape index (κ3) is 7.48. The minimum atomic E-state index is -3.75. The predicted molar refractivity (Wildman–Crippen MR) is 134 cm³/mol. The first kappa shape index (κ1) is 27.2. The van der Waals surface area contributed by atoms with E-state index in [-0.39, 0.29) is 18.5 Å². The average Bonchev–Trinajstić information content (AvgIpc) is 2.80. The zero-order valence-electron chi connectivity index (χ0n) is 20.7. The normalized spacial score (nSPS) is 13.0. The molecule has 34 heavy (non-hydrogen) atoms. The largest absolute Gasteiger partial charge is 0.497 e. The van der Waals surface area contributed by atoms with Crippen molar-refractivity contribution in [3.8, 4) is 5.75 Å². The molecule has 0 heterocycles. The summed E-state index contributed by atoms with van der Waals surface area (Å²) < 4.78 is 31.5. The maximum absolute atomic E-state index is 13.5. The Labute approximate surface area is 202 Å². The Kier molecular flexibility index (Phi) is 9.49. The van der Waals surface area contributed by atoms with E-state index in [4.69, 9.17) is 4.74 Å². The van der Waals surface area contributed by atoms with Crippen LogP contribution >= 0.6 is 0 Å². The second-order valence-corrected chi connectivity index (χ2v) is 10.4. The molecule has 0 spiro atoms. The minimum Gasteiger partial charge on any atom is -0.497 e. The fraction of sp³-hybridized carbons (Fsp3) is 0.440. The number of carbonyl (C=O) groups is 2. The zero-order valence-corrected chi connectivity index (χ0v) is 21.6. The van der Waals surface area contributed by atoms with Crippen LogP contribution in [0.3, 0.4) is 0 Å².